The van der Waals surface area contributed by atoms with Gasteiger partial charge < -0.3 is 24.4 Å². The molecule has 7 heteroatoms. The number of hydrogen-bond donors (Lipinski definition) is 2. The molecule has 0 spiro atoms. The Kier molecular flexibility index (Phi) is 5.29. The largest absolute Gasteiger partial charge is 0.458 e. The van der Waals surface area contributed by atoms with Crippen molar-refractivity contribution in [2.45, 2.75) is 63.6 Å². The summed E-state index contributed by atoms with van der Waals surface area (Å²) in [5.41, 5.74) is 0.459. The lowest BCUT2D eigenvalue weighted by atomic mass is 9.82. The Labute approximate surface area is 158 Å². The number of aliphatic hydroxyl groups excluding tert-OH is 2. The van der Waals surface area contributed by atoms with Gasteiger partial charge in [-0.15, -0.1) is 0 Å². The Morgan fingerprint density at radius 2 is 2.22 bits per heavy atom. The van der Waals surface area contributed by atoms with E-state index in [1.807, 2.05) is 6.92 Å². The van der Waals surface area contributed by atoms with Crippen molar-refractivity contribution in [2.24, 2.45) is 5.92 Å². The molecule has 0 bridgehead atoms. The maximum absolute atomic E-state index is 12.4. The van der Waals surface area contributed by atoms with Crippen LogP contribution in [0.2, 0.25) is 0 Å². The van der Waals surface area contributed by atoms with Gasteiger partial charge in [0.15, 0.2) is 0 Å². The number of hydrogen-bond acceptors (Lipinski definition) is 7. The average Bonchev–Trinajstić information content (AvgIpc) is 3.13. The number of fused-ring (bicyclic) bond motifs is 2. The molecule has 3 rings (SSSR count). The van der Waals surface area contributed by atoms with Crippen molar-refractivity contribution in [2.75, 3.05) is 6.61 Å². The van der Waals surface area contributed by atoms with Gasteiger partial charge in [-0.25, -0.2) is 9.59 Å². The summed E-state index contributed by atoms with van der Waals surface area (Å²) in [5, 5.41) is 19.7. The van der Waals surface area contributed by atoms with E-state index in [1.165, 1.54) is 6.08 Å². The van der Waals surface area contributed by atoms with Crippen LogP contribution in [0.1, 0.15) is 33.6 Å². The van der Waals surface area contributed by atoms with E-state index in [0.717, 1.165) is 0 Å². The highest BCUT2D eigenvalue weighted by molar-refractivity contribution is 5.92. The summed E-state index contributed by atoms with van der Waals surface area (Å²) in [6.07, 6.45) is 1.68. The second-order valence-corrected chi connectivity index (χ2v) is 7.62. The Bertz CT molecular complexity index is 722. The van der Waals surface area contributed by atoms with Gasteiger partial charge in [-0.05, 0) is 32.4 Å². The number of ether oxygens (including phenoxy) is 3. The minimum atomic E-state index is -0.711. The van der Waals surface area contributed by atoms with Crippen LogP contribution in [-0.4, -0.2) is 58.8 Å². The molecule has 2 saturated heterocycles. The third-order valence-electron chi connectivity index (χ3n) is 5.73. The topological polar surface area (TPSA) is 106 Å². The van der Waals surface area contributed by atoms with Crippen molar-refractivity contribution in [1.82, 2.24) is 0 Å². The Morgan fingerprint density at radius 3 is 2.85 bits per heavy atom. The maximum atomic E-state index is 12.4. The van der Waals surface area contributed by atoms with Gasteiger partial charge in [0, 0.05) is 18.4 Å². The van der Waals surface area contributed by atoms with E-state index in [2.05, 4.69) is 6.58 Å². The van der Waals surface area contributed by atoms with Gasteiger partial charge in [-0.1, -0.05) is 12.7 Å². The number of allylic oxidation sites excluding steroid dienone is 1. The summed E-state index contributed by atoms with van der Waals surface area (Å²) in [4.78, 5) is 24.6. The molecule has 0 amide bonds. The van der Waals surface area contributed by atoms with Crippen molar-refractivity contribution >= 4 is 11.9 Å². The fourth-order valence-corrected chi connectivity index (χ4v) is 3.84. The normalized spacial score (nSPS) is 41.0. The molecule has 7 nitrogen and oxygen atoms in total. The molecule has 0 unspecified atom stereocenters. The standard InChI is InChI=1S/C20H26O7/c1-5-12(9-21)19(24)26-15-8-20(4)16(27-20)7-13(22)10(2)6-14-17(15)11(3)18(23)25-14/h5-6,13-17,21-22H,3,7-9H2,1-2,4H3/b10-6-,12-5+/t13-,14-,15+,16-,17-,20+/m0/s1. The molecule has 27 heavy (non-hydrogen) atoms. The third kappa shape index (κ3) is 3.72. The highest BCUT2D eigenvalue weighted by Crippen LogP contribution is 2.47. The molecule has 6 atom stereocenters. The number of esters is 2. The smallest absolute Gasteiger partial charge is 0.336 e. The van der Waals surface area contributed by atoms with E-state index in [4.69, 9.17) is 14.2 Å². The van der Waals surface area contributed by atoms with Gasteiger partial charge in [0.05, 0.1) is 35.9 Å². The van der Waals surface area contributed by atoms with E-state index >= 15 is 0 Å². The summed E-state index contributed by atoms with van der Waals surface area (Å²) < 4.78 is 16.9. The average molecular weight is 378 g/mol. The van der Waals surface area contributed by atoms with Crippen LogP contribution < -0.4 is 0 Å². The summed E-state index contributed by atoms with van der Waals surface area (Å²) >= 11 is 0. The first kappa shape index (κ1) is 19.8. The lowest BCUT2D eigenvalue weighted by Gasteiger charge is -2.29. The zero-order valence-corrected chi connectivity index (χ0v) is 15.8. The Morgan fingerprint density at radius 1 is 1.52 bits per heavy atom. The lowest BCUT2D eigenvalue weighted by molar-refractivity contribution is -0.149. The minimum Gasteiger partial charge on any atom is -0.458 e. The SMILES string of the molecule is C=C1C(=O)O[C@H]2/C=C(/C)[C@@H](O)C[C@@H]3O[C@]3(C)C[C@@H](OC(=O)/C(=C/C)CO)[C@@H]12. The monoisotopic (exact) mass is 378 g/mol. The quantitative estimate of drug-likeness (QED) is 0.329. The van der Waals surface area contributed by atoms with Crippen molar-refractivity contribution in [1.29, 1.82) is 0 Å². The number of rotatable bonds is 3. The highest BCUT2D eigenvalue weighted by Gasteiger charge is 2.57. The fourth-order valence-electron chi connectivity index (χ4n) is 3.84. The van der Waals surface area contributed by atoms with Crippen molar-refractivity contribution in [3.8, 4) is 0 Å². The molecule has 3 aliphatic rings. The van der Waals surface area contributed by atoms with Crippen LogP contribution in [0.4, 0.5) is 0 Å². The summed E-state index contributed by atoms with van der Waals surface area (Å²) in [5.74, 6) is -1.77. The molecule has 0 aromatic carbocycles. The van der Waals surface area contributed by atoms with E-state index in [0.29, 0.717) is 18.4 Å². The van der Waals surface area contributed by atoms with E-state index in [1.54, 1.807) is 19.9 Å². The predicted octanol–water partition coefficient (Wildman–Crippen LogP) is 1.19. The van der Waals surface area contributed by atoms with E-state index in [-0.39, 0.29) is 17.3 Å². The molecule has 0 radical (unpaired) electrons. The van der Waals surface area contributed by atoms with Gasteiger partial charge in [-0.2, -0.15) is 0 Å². The first-order valence-corrected chi connectivity index (χ1v) is 9.11. The molecule has 1 aliphatic carbocycles. The molecule has 0 aromatic rings. The number of epoxide rings is 1. The Hall–Kier alpha value is -1.96. The zero-order chi connectivity index (χ0) is 19.9. The number of carbonyl (C=O) groups is 2. The first-order valence-electron chi connectivity index (χ1n) is 9.11. The van der Waals surface area contributed by atoms with Crippen LogP contribution in [0.5, 0.6) is 0 Å². The Balaban J connectivity index is 1.97. The molecular formula is C20H26O7. The molecule has 0 aromatic heterocycles. The van der Waals surface area contributed by atoms with Gasteiger partial charge in [0.1, 0.15) is 12.2 Å². The fraction of sp³-hybridized carbons (Fsp3) is 0.600. The molecule has 2 aliphatic heterocycles. The van der Waals surface area contributed by atoms with Gasteiger partial charge >= 0.3 is 11.9 Å². The van der Waals surface area contributed by atoms with E-state index < -0.39 is 48.4 Å². The van der Waals surface area contributed by atoms with Crippen molar-refractivity contribution in [3.63, 3.8) is 0 Å². The molecule has 2 heterocycles. The zero-order valence-electron chi connectivity index (χ0n) is 15.8. The van der Waals surface area contributed by atoms with Crippen LogP contribution in [0.25, 0.3) is 0 Å². The van der Waals surface area contributed by atoms with Crippen LogP contribution >= 0.6 is 0 Å². The molecule has 2 fully saturated rings. The molecule has 148 valence electrons. The number of carbonyl (C=O) groups excluding carboxylic acids is 2. The summed E-state index contributed by atoms with van der Waals surface area (Å²) in [7, 11) is 0. The molecule has 0 saturated carbocycles. The van der Waals surface area contributed by atoms with Gasteiger partial charge in [-0.3, -0.25) is 0 Å². The van der Waals surface area contributed by atoms with Crippen LogP contribution in [-0.2, 0) is 23.8 Å². The molecular weight excluding hydrogens is 352 g/mol. The van der Waals surface area contributed by atoms with Crippen molar-refractivity contribution in [3.05, 3.63) is 35.5 Å². The minimum absolute atomic E-state index is 0.139. The lowest BCUT2D eigenvalue weighted by Crippen LogP contribution is -2.38. The molecule has 2 N–H and O–H groups in total. The van der Waals surface area contributed by atoms with Gasteiger partial charge in [0.25, 0.3) is 0 Å². The predicted molar refractivity (Wildman–Crippen MR) is 95.5 cm³/mol. The second-order valence-electron chi connectivity index (χ2n) is 7.62. The van der Waals surface area contributed by atoms with Crippen LogP contribution in [0, 0.1) is 5.92 Å². The van der Waals surface area contributed by atoms with Crippen LogP contribution in [0.3, 0.4) is 0 Å². The van der Waals surface area contributed by atoms with Gasteiger partial charge in [0.2, 0.25) is 0 Å². The first-order chi connectivity index (χ1) is 12.7. The maximum Gasteiger partial charge on any atom is 0.336 e. The van der Waals surface area contributed by atoms with Crippen LogP contribution in [0.15, 0.2) is 35.5 Å². The summed E-state index contributed by atoms with van der Waals surface area (Å²) in [6.45, 7) is 8.69. The number of aliphatic hydroxyl groups is 2. The third-order valence-corrected chi connectivity index (χ3v) is 5.73. The second kappa shape index (κ2) is 7.22. The highest BCUT2D eigenvalue weighted by atomic mass is 16.6. The summed E-state index contributed by atoms with van der Waals surface area (Å²) in [6, 6.07) is 0. The van der Waals surface area contributed by atoms with E-state index in [9.17, 15) is 19.8 Å². The van der Waals surface area contributed by atoms with Crippen molar-refractivity contribution < 1.29 is 34.0 Å².